The summed E-state index contributed by atoms with van der Waals surface area (Å²) in [7, 11) is -3.74. The lowest BCUT2D eigenvalue weighted by atomic mass is 9.89. The summed E-state index contributed by atoms with van der Waals surface area (Å²) in [6.45, 7) is 1.80. The van der Waals surface area contributed by atoms with Gasteiger partial charge >= 0.3 is 0 Å². The molecule has 0 amide bonds. The molecule has 0 heterocycles. The molecule has 1 aliphatic rings. The topological polar surface area (TPSA) is 89.3 Å². The number of nitrogens with zero attached hydrogens (tertiary/aromatic N) is 1. The molecule has 0 saturated carbocycles. The van der Waals surface area contributed by atoms with E-state index in [0.29, 0.717) is 0 Å². The zero-order chi connectivity index (χ0) is 18.0. The number of rotatable bonds is 5. The molecule has 6 nitrogen and oxygen atoms in total. The van der Waals surface area contributed by atoms with Crippen LogP contribution < -0.4 is 4.72 Å². The van der Waals surface area contributed by atoms with Gasteiger partial charge in [0.25, 0.3) is 5.69 Å². The molecule has 1 aliphatic carbocycles. The number of benzene rings is 2. The molecule has 7 heteroatoms. The van der Waals surface area contributed by atoms with E-state index in [2.05, 4.69) is 16.9 Å². The van der Waals surface area contributed by atoms with Crippen LogP contribution in [0.4, 0.5) is 5.69 Å². The summed E-state index contributed by atoms with van der Waals surface area (Å²) >= 11 is 0. The van der Waals surface area contributed by atoms with Gasteiger partial charge in [0.1, 0.15) is 0 Å². The minimum absolute atomic E-state index is 0.0166. The van der Waals surface area contributed by atoms with Crippen molar-refractivity contribution < 1.29 is 13.3 Å². The largest absolute Gasteiger partial charge is 0.269 e. The van der Waals surface area contributed by atoms with E-state index in [-0.39, 0.29) is 16.6 Å². The van der Waals surface area contributed by atoms with Crippen LogP contribution >= 0.6 is 0 Å². The van der Waals surface area contributed by atoms with Crippen LogP contribution in [0.2, 0.25) is 0 Å². The van der Waals surface area contributed by atoms with E-state index in [0.717, 1.165) is 18.4 Å². The fraction of sp³-hybridized carbons (Fsp3) is 0.333. The number of sulfonamides is 1. The van der Waals surface area contributed by atoms with Gasteiger partial charge in [0.05, 0.1) is 9.82 Å². The Kier molecular flexibility index (Phi) is 4.87. The third-order valence-electron chi connectivity index (χ3n) is 4.56. The van der Waals surface area contributed by atoms with E-state index in [1.807, 2.05) is 6.07 Å². The molecule has 0 spiro atoms. The van der Waals surface area contributed by atoms with Gasteiger partial charge in [-0.1, -0.05) is 18.2 Å². The number of nitro groups is 1. The molecule has 0 saturated heterocycles. The van der Waals surface area contributed by atoms with Crippen molar-refractivity contribution in [2.75, 3.05) is 0 Å². The minimum Gasteiger partial charge on any atom is -0.258 e. The maximum atomic E-state index is 12.5. The molecule has 2 aromatic carbocycles. The Balaban J connectivity index is 1.79. The average molecular weight is 360 g/mol. The fourth-order valence-electron chi connectivity index (χ4n) is 3.14. The smallest absolute Gasteiger partial charge is 0.258 e. The molecule has 2 aromatic rings. The summed E-state index contributed by atoms with van der Waals surface area (Å²) in [4.78, 5) is 10.1. The van der Waals surface area contributed by atoms with Gasteiger partial charge < -0.3 is 0 Å². The first kappa shape index (κ1) is 17.6. The standard InChI is InChI=1S/C18H20N2O4S/c1-13(15-7-6-14-4-2-3-5-16(14)12-15)19-25(23,24)18-10-8-17(9-11-18)20(21)22/h6-13,19H,2-5H2,1H3/t13-/m0/s1. The van der Waals surface area contributed by atoms with E-state index < -0.39 is 14.9 Å². The molecule has 0 aliphatic heterocycles. The van der Waals surface area contributed by atoms with Gasteiger partial charge in [-0.3, -0.25) is 10.1 Å². The Morgan fingerprint density at radius 3 is 2.32 bits per heavy atom. The van der Waals surface area contributed by atoms with Crippen molar-refractivity contribution in [2.45, 2.75) is 43.5 Å². The quantitative estimate of drug-likeness (QED) is 0.653. The van der Waals surface area contributed by atoms with Gasteiger partial charge in [-0.05, 0) is 61.4 Å². The number of hydrogen-bond donors (Lipinski definition) is 1. The van der Waals surface area contributed by atoms with Gasteiger partial charge in [-0.2, -0.15) is 0 Å². The third-order valence-corrected chi connectivity index (χ3v) is 6.12. The molecule has 1 atom stereocenters. The van der Waals surface area contributed by atoms with E-state index in [4.69, 9.17) is 0 Å². The normalized spacial score (nSPS) is 15.4. The van der Waals surface area contributed by atoms with Crippen LogP contribution in [0.15, 0.2) is 47.4 Å². The monoisotopic (exact) mass is 360 g/mol. The minimum atomic E-state index is -3.74. The van der Waals surface area contributed by atoms with Crippen LogP contribution in [0.1, 0.15) is 42.5 Å². The highest BCUT2D eigenvalue weighted by atomic mass is 32.2. The molecule has 0 radical (unpaired) electrons. The van der Waals surface area contributed by atoms with Crippen molar-refractivity contribution in [3.05, 3.63) is 69.3 Å². The Labute approximate surface area is 147 Å². The van der Waals surface area contributed by atoms with Crippen molar-refractivity contribution >= 4 is 15.7 Å². The first-order valence-electron chi connectivity index (χ1n) is 8.25. The molecule has 25 heavy (non-hydrogen) atoms. The van der Waals surface area contributed by atoms with Crippen LogP contribution in [0.25, 0.3) is 0 Å². The van der Waals surface area contributed by atoms with Gasteiger partial charge in [0, 0.05) is 18.2 Å². The Morgan fingerprint density at radius 2 is 1.68 bits per heavy atom. The highest BCUT2D eigenvalue weighted by molar-refractivity contribution is 7.89. The average Bonchev–Trinajstić information content (AvgIpc) is 2.61. The number of aryl methyl sites for hydroxylation is 2. The second-order valence-electron chi connectivity index (χ2n) is 6.33. The van der Waals surface area contributed by atoms with Crippen molar-refractivity contribution in [2.24, 2.45) is 0 Å². The van der Waals surface area contributed by atoms with E-state index >= 15 is 0 Å². The molecule has 132 valence electrons. The summed E-state index contributed by atoms with van der Waals surface area (Å²) in [5.41, 5.74) is 3.43. The first-order chi connectivity index (χ1) is 11.9. The lowest BCUT2D eigenvalue weighted by molar-refractivity contribution is -0.384. The number of nitro benzene ring substituents is 1. The molecule has 1 N–H and O–H groups in total. The van der Waals surface area contributed by atoms with Crippen LogP contribution in [0, 0.1) is 10.1 Å². The summed E-state index contributed by atoms with van der Waals surface area (Å²) in [5.74, 6) is 0. The summed E-state index contributed by atoms with van der Waals surface area (Å²) in [5, 5.41) is 10.7. The Bertz CT molecular complexity index is 892. The Hall–Kier alpha value is -2.25. The highest BCUT2D eigenvalue weighted by Gasteiger charge is 2.20. The first-order valence-corrected chi connectivity index (χ1v) is 9.73. The lowest BCUT2D eigenvalue weighted by Crippen LogP contribution is -2.27. The number of fused-ring (bicyclic) bond motifs is 1. The highest BCUT2D eigenvalue weighted by Crippen LogP contribution is 2.26. The maximum absolute atomic E-state index is 12.5. The molecule has 0 fully saturated rings. The van der Waals surface area contributed by atoms with Crippen LogP contribution in [-0.2, 0) is 22.9 Å². The Morgan fingerprint density at radius 1 is 1.04 bits per heavy atom. The summed E-state index contributed by atoms with van der Waals surface area (Å²) in [6.07, 6.45) is 4.48. The van der Waals surface area contributed by atoms with Gasteiger partial charge in [-0.15, -0.1) is 0 Å². The fourth-order valence-corrected chi connectivity index (χ4v) is 4.37. The van der Waals surface area contributed by atoms with E-state index in [1.54, 1.807) is 6.92 Å². The van der Waals surface area contributed by atoms with Crippen LogP contribution in [0.5, 0.6) is 0 Å². The number of nitrogens with one attached hydrogen (secondary N) is 1. The number of non-ortho nitro benzene ring substituents is 1. The zero-order valence-corrected chi connectivity index (χ0v) is 14.8. The molecule has 0 bridgehead atoms. The number of hydrogen-bond acceptors (Lipinski definition) is 4. The van der Waals surface area contributed by atoms with Gasteiger partial charge in [0.2, 0.25) is 10.0 Å². The summed E-state index contributed by atoms with van der Waals surface area (Å²) < 4.78 is 27.7. The van der Waals surface area contributed by atoms with Crippen LogP contribution in [0.3, 0.4) is 0 Å². The molecule has 0 aromatic heterocycles. The third kappa shape index (κ3) is 3.88. The van der Waals surface area contributed by atoms with Gasteiger partial charge in [0.15, 0.2) is 0 Å². The molecule has 0 unspecified atom stereocenters. The second-order valence-corrected chi connectivity index (χ2v) is 8.04. The van der Waals surface area contributed by atoms with Crippen molar-refractivity contribution in [1.29, 1.82) is 0 Å². The van der Waals surface area contributed by atoms with Gasteiger partial charge in [-0.25, -0.2) is 13.1 Å². The molecular formula is C18H20N2O4S. The van der Waals surface area contributed by atoms with Crippen molar-refractivity contribution in [3.8, 4) is 0 Å². The van der Waals surface area contributed by atoms with Crippen molar-refractivity contribution in [1.82, 2.24) is 4.72 Å². The molecule has 3 rings (SSSR count). The lowest BCUT2D eigenvalue weighted by Gasteiger charge is -2.20. The predicted molar refractivity (Wildman–Crippen MR) is 94.9 cm³/mol. The van der Waals surface area contributed by atoms with Crippen LogP contribution in [-0.4, -0.2) is 13.3 Å². The SMILES string of the molecule is C[C@H](NS(=O)(=O)c1ccc([N+](=O)[O-])cc1)c1ccc2c(c1)CCCC2. The molecular weight excluding hydrogens is 340 g/mol. The van der Waals surface area contributed by atoms with E-state index in [1.165, 1.54) is 48.2 Å². The zero-order valence-electron chi connectivity index (χ0n) is 13.9. The maximum Gasteiger partial charge on any atom is 0.269 e. The summed E-state index contributed by atoms with van der Waals surface area (Å²) in [6, 6.07) is 10.6. The predicted octanol–water partition coefficient (Wildman–Crippen LogP) is 3.51. The van der Waals surface area contributed by atoms with Crippen molar-refractivity contribution in [3.63, 3.8) is 0 Å². The second kappa shape index (κ2) is 6.93. The van der Waals surface area contributed by atoms with E-state index in [9.17, 15) is 18.5 Å².